The van der Waals surface area contributed by atoms with E-state index in [9.17, 15) is 0 Å². The van der Waals surface area contributed by atoms with Gasteiger partial charge < -0.3 is 20.9 Å². The Kier molecular flexibility index (Phi) is 6.85. The number of nitrogens with zero attached hydrogens (tertiary/aromatic N) is 2. The molecular formula is C20H25BrN4O2. The Hall–Kier alpha value is -2.54. The molecule has 0 saturated heterocycles. The molecule has 0 spiro atoms. The Morgan fingerprint density at radius 3 is 2.22 bits per heavy atom. The summed E-state index contributed by atoms with van der Waals surface area (Å²) < 4.78 is 12.7. The molecule has 7 heteroatoms. The molecule has 0 aromatic heterocycles. The molecule has 0 heterocycles. The summed E-state index contributed by atoms with van der Waals surface area (Å²) in [5.41, 5.74) is 17.4. The quantitative estimate of drug-likeness (QED) is 0.411. The van der Waals surface area contributed by atoms with Crippen LogP contribution < -0.4 is 20.9 Å². The topological polar surface area (TPSA) is 95.2 Å². The van der Waals surface area contributed by atoms with E-state index in [0.717, 1.165) is 10.0 Å². The van der Waals surface area contributed by atoms with Gasteiger partial charge in [-0.25, -0.2) is 0 Å². The number of halogens is 1. The highest BCUT2D eigenvalue weighted by Gasteiger charge is 2.14. The Morgan fingerprint density at radius 2 is 1.67 bits per heavy atom. The van der Waals surface area contributed by atoms with Crippen LogP contribution in [0.1, 0.15) is 33.4 Å². The van der Waals surface area contributed by atoms with Crippen LogP contribution in [0.5, 0.6) is 11.5 Å². The number of ether oxygens (including phenoxy) is 2. The standard InChI is InChI=1S/C20H25BrN4O2/c1-11-13(3)19(21)14(4)12(2)16(11)10-27-17-7-6-15(8-18(17)26-5)9-24-25-20(22)23/h6-9H,10H2,1-5H3,(H4,22,23,25)/b24-9+. The number of benzene rings is 2. The fourth-order valence-electron chi connectivity index (χ4n) is 2.76. The molecule has 0 fully saturated rings. The third kappa shape index (κ3) is 4.80. The van der Waals surface area contributed by atoms with Gasteiger partial charge in [0.1, 0.15) is 6.61 Å². The Morgan fingerprint density at radius 1 is 1.04 bits per heavy atom. The normalized spacial score (nSPS) is 10.9. The van der Waals surface area contributed by atoms with Crippen LogP contribution in [0, 0.1) is 27.7 Å². The van der Waals surface area contributed by atoms with Crippen molar-refractivity contribution in [1.82, 2.24) is 0 Å². The van der Waals surface area contributed by atoms with E-state index in [1.54, 1.807) is 13.3 Å². The summed E-state index contributed by atoms with van der Waals surface area (Å²) in [6.45, 7) is 8.92. The molecule has 0 aliphatic heterocycles. The highest BCUT2D eigenvalue weighted by Crippen LogP contribution is 2.33. The average molecular weight is 433 g/mol. The van der Waals surface area contributed by atoms with Crippen molar-refractivity contribution in [2.75, 3.05) is 7.11 Å². The summed E-state index contributed by atoms with van der Waals surface area (Å²) in [6, 6.07) is 5.53. The predicted octanol–water partition coefficient (Wildman–Crippen LogP) is 3.88. The van der Waals surface area contributed by atoms with E-state index in [4.69, 9.17) is 20.9 Å². The minimum Gasteiger partial charge on any atom is -0.493 e. The van der Waals surface area contributed by atoms with Crippen molar-refractivity contribution in [2.45, 2.75) is 34.3 Å². The summed E-state index contributed by atoms with van der Waals surface area (Å²) in [4.78, 5) is 0. The molecule has 144 valence electrons. The zero-order chi connectivity index (χ0) is 20.1. The van der Waals surface area contributed by atoms with Crippen LogP contribution in [-0.4, -0.2) is 19.3 Å². The molecule has 2 aromatic rings. The van der Waals surface area contributed by atoms with Crippen molar-refractivity contribution in [1.29, 1.82) is 0 Å². The molecule has 2 rings (SSSR count). The minimum atomic E-state index is -0.0935. The van der Waals surface area contributed by atoms with Gasteiger partial charge in [-0.3, -0.25) is 0 Å². The number of hydrogen-bond donors (Lipinski definition) is 2. The first kappa shape index (κ1) is 20.8. The maximum atomic E-state index is 6.07. The summed E-state index contributed by atoms with van der Waals surface area (Å²) in [7, 11) is 1.60. The molecule has 0 bridgehead atoms. The Labute approximate surface area is 168 Å². The summed E-state index contributed by atoms with van der Waals surface area (Å²) in [5, 5.41) is 7.39. The first-order valence-electron chi connectivity index (χ1n) is 8.43. The molecule has 0 unspecified atom stereocenters. The summed E-state index contributed by atoms with van der Waals surface area (Å²) >= 11 is 3.67. The lowest BCUT2D eigenvalue weighted by molar-refractivity contribution is 0.283. The Bertz CT molecular complexity index is 874. The molecule has 0 atom stereocenters. The van der Waals surface area contributed by atoms with Crippen molar-refractivity contribution < 1.29 is 9.47 Å². The lowest BCUT2D eigenvalue weighted by Gasteiger charge is -2.19. The van der Waals surface area contributed by atoms with Gasteiger partial charge in [-0.2, -0.15) is 5.10 Å². The highest BCUT2D eigenvalue weighted by atomic mass is 79.9. The zero-order valence-corrected chi connectivity index (χ0v) is 17.8. The molecule has 0 radical (unpaired) electrons. The van der Waals surface area contributed by atoms with E-state index in [1.165, 1.54) is 27.8 Å². The van der Waals surface area contributed by atoms with Gasteiger partial charge in [-0.15, -0.1) is 5.10 Å². The largest absolute Gasteiger partial charge is 0.493 e. The zero-order valence-electron chi connectivity index (χ0n) is 16.3. The Balaban J connectivity index is 2.26. The van der Waals surface area contributed by atoms with Crippen LogP contribution >= 0.6 is 15.9 Å². The second-order valence-corrected chi connectivity index (χ2v) is 7.05. The first-order chi connectivity index (χ1) is 12.8. The lowest BCUT2D eigenvalue weighted by atomic mass is 9.95. The number of hydrogen-bond acceptors (Lipinski definition) is 4. The highest BCUT2D eigenvalue weighted by molar-refractivity contribution is 9.10. The summed E-state index contributed by atoms with van der Waals surface area (Å²) in [5.74, 6) is 1.18. The van der Waals surface area contributed by atoms with Gasteiger partial charge in [0.05, 0.1) is 13.3 Å². The molecule has 4 N–H and O–H groups in total. The number of guanidine groups is 1. The van der Waals surface area contributed by atoms with Crippen LogP contribution in [0.25, 0.3) is 0 Å². The second kappa shape index (κ2) is 8.90. The van der Waals surface area contributed by atoms with Gasteiger partial charge in [-0.1, -0.05) is 15.9 Å². The fraction of sp³-hybridized carbons (Fsp3) is 0.300. The second-order valence-electron chi connectivity index (χ2n) is 6.26. The molecule has 0 aliphatic carbocycles. The van der Waals surface area contributed by atoms with Crippen LogP contribution in [-0.2, 0) is 6.61 Å². The van der Waals surface area contributed by atoms with Crippen LogP contribution in [0.2, 0.25) is 0 Å². The molecular weight excluding hydrogens is 408 g/mol. The third-order valence-electron chi connectivity index (χ3n) is 4.63. The number of nitrogens with two attached hydrogens (primary N) is 2. The average Bonchev–Trinajstić information content (AvgIpc) is 2.65. The predicted molar refractivity (Wildman–Crippen MR) is 114 cm³/mol. The van der Waals surface area contributed by atoms with Crippen LogP contribution in [0.3, 0.4) is 0 Å². The van der Waals surface area contributed by atoms with Gasteiger partial charge in [0.25, 0.3) is 0 Å². The van der Waals surface area contributed by atoms with Gasteiger partial charge >= 0.3 is 0 Å². The smallest absolute Gasteiger partial charge is 0.211 e. The lowest BCUT2D eigenvalue weighted by Crippen LogP contribution is -2.21. The van der Waals surface area contributed by atoms with Crippen molar-refractivity contribution in [3.63, 3.8) is 0 Å². The van der Waals surface area contributed by atoms with E-state index in [1.807, 2.05) is 18.2 Å². The van der Waals surface area contributed by atoms with Crippen molar-refractivity contribution in [3.05, 3.63) is 56.1 Å². The van der Waals surface area contributed by atoms with E-state index < -0.39 is 0 Å². The van der Waals surface area contributed by atoms with E-state index in [2.05, 4.69) is 53.8 Å². The number of rotatable bonds is 6. The molecule has 0 amide bonds. The van der Waals surface area contributed by atoms with Gasteiger partial charge in [0.2, 0.25) is 5.96 Å². The van der Waals surface area contributed by atoms with Crippen molar-refractivity contribution in [3.8, 4) is 11.5 Å². The minimum absolute atomic E-state index is 0.0935. The molecule has 6 nitrogen and oxygen atoms in total. The van der Waals surface area contributed by atoms with E-state index in [-0.39, 0.29) is 5.96 Å². The number of methoxy groups -OCH3 is 1. The van der Waals surface area contributed by atoms with E-state index >= 15 is 0 Å². The maximum absolute atomic E-state index is 6.07. The molecule has 27 heavy (non-hydrogen) atoms. The SMILES string of the molecule is COc1cc(/C=N/N=C(N)N)ccc1OCc1c(C)c(C)c(Br)c(C)c1C. The first-order valence-corrected chi connectivity index (χ1v) is 9.23. The summed E-state index contributed by atoms with van der Waals surface area (Å²) in [6.07, 6.45) is 1.54. The molecule has 0 saturated carbocycles. The van der Waals surface area contributed by atoms with Crippen LogP contribution in [0.4, 0.5) is 0 Å². The van der Waals surface area contributed by atoms with E-state index in [0.29, 0.717) is 18.1 Å². The van der Waals surface area contributed by atoms with Gasteiger partial charge in [0.15, 0.2) is 11.5 Å². The molecule has 2 aromatic carbocycles. The molecule has 0 aliphatic rings. The monoisotopic (exact) mass is 432 g/mol. The fourth-order valence-corrected chi connectivity index (χ4v) is 3.35. The van der Waals surface area contributed by atoms with Gasteiger partial charge in [-0.05, 0) is 79.3 Å². The third-order valence-corrected chi connectivity index (χ3v) is 5.82. The van der Waals surface area contributed by atoms with Crippen molar-refractivity contribution in [2.24, 2.45) is 21.7 Å². The van der Waals surface area contributed by atoms with Crippen LogP contribution in [0.15, 0.2) is 32.9 Å². The van der Waals surface area contributed by atoms with Crippen molar-refractivity contribution >= 4 is 28.1 Å². The maximum Gasteiger partial charge on any atom is 0.211 e. The van der Waals surface area contributed by atoms with Gasteiger partial charge in [0, 0.05) is 4.47 Å².